The molecule has 0 spiro atoms. The predicted octanol–water partition coefficient (Wildman–Crippen LogP) is 13.1. The molecule has 0 heteroatoms. The third kappa shape index (κ3) is 3.66. The van der Waals surface area contributed by atoms with E-state index in [1.54, 1.807) is 0 Å². The lowest BCUT2D eigenvalue weighted by molar-refractivity contribution is 0.602. The van der Waals surface area contributed by atoms with Gasteiger partial charge in [-0.05, 0) is 123 Å². The van der Waals surface area contributed by atoms with Crippen LogP contribution < -0.4 is 0 Å². The van der Waals surface area contributed by atoms with Gasteiger partial charge in [0, 0.05) is 10.8 Å². The van der Waals surface area contributed by atoms with Gasteiger partial charge >= 0.3 is 0 Å². The Morgan fingerprint density at radius 1 is 0.333 bits per heavy atom. The second kappa shape index (κ2) is 9.55. The maximum absolute atomic E-state index is 2.48. The Bertz CT molecular complexity index is 2480. The zero-order valence-electron chi connectivity index (χ0n) is 27.9. The van der Waals surface area contributed by atoms with Gasteiger partial charge in [0.15, 0.2) is 0 Å². The van der Waals surface area contributed by atoms with E-state index in [2.05, 4.69) is 173 Å². The molecule has 2 aliphatic carbocycles. The van der Waals surface area contributed by atoms with Crippen molar-refractivity contribution in [3.63, 3.8) is 0 Å². The molecule has 2 aliphatic rings. The average molecular weight is 613 g/mol. The normalized spacial score (nSPS) is 15.0. The third-order valence-electron chi connectivity index (χ3n) is 11.6. The largest absolute Gasteiger partial charge is 0.0616 e. The van der Waals surface area contributed by atoms with Crippen molar-refractivity contribution < 1.29 is 0 Å². The summed E-state index contributed by atoms with van der Waals surface area (Å²) in [6.45, 7) is 9.82. The van der Waals surface area contributed by atoms with Crippen molar-refractivity contribution in [3.05, 3.63) is 168 Å². The molecule has 0 heterocycles. The third-order valence-corrected chi connectivity index (χ3v) is 11.6. The molecule has 0 saturated heterocycles. The van der Waals surface area contributed by atoms with Gasteiger partial charge in [-0.2, -0.15) is 0 Å². The van der Waals surface area contributed by atoms with Crippen LogP contribution in [0.15, 0.2) is 146 Å². The summed E-state index contributed by atoms with van der Waals surface area (Å²) in [5.74, 6) is 0. The highest BCUT2D eigenvalue weighted by molar-refractivity contribution is 6.13. The van der Waals surface area contributed by atoms with Gasteiger partial charge in [0.2, 0.25) is 0 Å². The first kappa shape index (κ1) is 27.6. The molecule has 48 heavy (non-hydrogen) atoms. The minimum Gasteiger partial charge on any atom is -0.0616 e. The van der Waals surface area contributed by atoms with E-state index in [-0.39, 0.29) is 10.8 Å². The summed E-state index contributed by atoms with van der Waals surface area (Å²) in [6, 6.07) is 54.6. The molecule has 0 nitrogen and oxygen atoms in total. The number of hydrogen-bond acceptors (Lipinski definition) is 0. The summed E-state index contributed by atoms with van der Waals surface area (Å²) in [7, 11) is 0. The van der Waals surface area contributed by atoms with E-state index < -0.39 is 0 Å². The molecule has 10 rings (SSSR count). The lowest BCUT2D eigenvalue weighted by atomic mass is 9.71. The average Bonchev–Trinajstić information content (AvgIpc) is 3.50. The summed E-state index contributed by atoms with van der Waals surface area (Å²) < 4.78 is 0. The van der Waals surface area contributed by atoms with Crippen LogP contribution in [0.5, 0.6) is 0 Å². The number of hydrogen-bond donors (Lipinski definition) is 0. The van der Waals surface area contributed by atoms with Crippen molar-refractivity contribution in [2.24, 2.45) is 0 Å². The quantitative estimate of drug-likeness (QED) is 0.182. The Labute approximate surface area is 282 Å². The minimum absolute atomic E-state index is 0.161. The molecule has 0 aromatic heterocycles. The van der Waals surface area contributed by atoms with E-state index in [1.165, 1.54) is 99.1 Å². The van der Waals surface area contributed by atoms with E-state index in [0.29, 0.717) is 0 Å². The molecule has 0 bridgehead atoms. The van der Waals surface area contributed by atoms with Crippen molar-refractivity contribution in [2.75, 3.05) is 0 Å². The summed E-state index contributed by atoms with van der Waals surface area (Å²) >= 11 is 0. The molecular formula is C48H36. The molecule has 8 aromatic rings. The number of rotatable bonds is 2. The Hall–Kier alpha value is -5.46. The van der Waals surface area contributed by atoms with Gasteiger partial charge < -0.3 is 0 Å². The number of benzene rings is 8. The van der Waals surface area contributed by atoms with Crippen molar-refractivity contribution in [1.82, 2.24) is 0 Å². The van der Waals surface area contributed by atoms with Gasteiger partial charge in [0.05, 0.1) is 0 Å². The lowest BCUT2D eigenvalue weighted by Crippen LogP contribution is -2.24. The van der Waals surface area contributed by atoms with Crippen LogP contribution in [0.2, 0.25) is 0 Å². The van der Waals surface area contributed by atoms with E-state index in [9.17, 15) is 0 Å². The molecule has 0 atom stereocenters. The van der Waals surface area contributed by atoms with Crippen LogP contribution in [0.1, 0.15) is 49.9 Å². The highest BCUT2D eigenvalue weighted by Gasteiger charge is 2.47. The van der Waals surface area contributed by atoms with Crippen LogP contribution >= 0.6 is 0 Å². The van der Waals surface area contributed by atoms with Crippen LogP contribution in [0.4, 0.5) is 0 Å². The molecule has 0 aliphatic heterocycles. The van der Waals surface area contributed by atoms with Crippen molar-refractivity contribution in [2.45, 2.75) is 38.5 Å². The SMILES string of the molecule is CC1(C)c2cc(-c3ccc4ccccc4c3)ccc2-c2c1c1c(c3ccccc23)-c2ccc(-c3ccc4ccccc4c3)cc2C1(C)C. The maximum atomic E-state index is 2.48. The number of fused-ring (bicyclic) bond motifs is 12. The molecular weight excluding hydrogens is 577 g/mol. The lowest BCUT2D eigenvalue weighted by Gasteiger charge is -2.31. The van der Waals surface area contributed by atoms with Crippen LogP contribution in [0, 0.1) is 0 Å². The predicted molar refractivity (Wildman–Crippen MR) is 205 cm³/mol. The fourth-order valence-corrected chi connectivity index (χ4v) is 9.17. The highest BCUT2D eigenvalue weighted by atomic mass is 14.5. The zero-order valence-corrected chi connectivity index (χ0v) is 27.9. The first-order valence-electron chi connectivity index (χ1n) is 17.2. The van der Waals surface area contributed by atoms with E-state index >= 15 is 0 Å². The zero-order chi connectivity index (χ0) is 32.4. The van der Waals surface area contributed by atoms with Gasteiger partial charge in [0.1, 0.15) is 0 Å². The Morgan fingerprint density at radius 3 is 1.12 bits per heavy atom. The van der Waals surface area contributed by atoms with Crippen LogP contribution in [0.25, 0.3) is 76.8 Å². The summed E-state index contributed by atoms with van der Waals surface area (Å²) in [5, 5.41) is 7.84. The van der Waals surface area contributed by atoms with Gasteiger partial charge in [-0.1, -0.05) is 149 Å². The minimum atomic E-state index is -0.161. The van der Waals surface area contributed by atoms with Gasteiger partial charge in [-0.25, -0.2) is 0 Å². The molecule has 0 N–H and O–H groups in total. The summed E-state index contributed by atoms with van der Waals surface area (Å²) in [4.78, 5) is 0. The Kier molecular flexibility index (Phi) is 5.50. The van der Waals surface area contributed by atoms with Crippen molar-refractivity contribution in [1.29, 1.82) is 0 Å². The smallest absolute Gasteiger partial charge is 0.0162 e. The van der Waals surface area contributed by atoms with E-state index in [0.717, 1.165) is 0 Å². The summed E-state index contributed by atoms with van der Waals surface area (Å²) in [6.07, 6.45) is 0. The summed E-state index contributed by atoms with van der Waals surface area (Å²) in [5.41, 5.74) is 16.2. The Morgan fingerprint density at radius 2 is 0.688 bits per heavy atom. The fourth-order valence-electron chi connectivity index (χ4n) is 9.17. The van der Waals surface area contributed by atoms with Crippen molar-refractivity contribution in [3.8, 4) is 44.5 Å². The second-order valence-corrected chi connectivity index (χ2v) is 14.9. The van der Waals surface area contributed by atoms with Gasteiger partial charge in [-0.3, -0.25) is 0 Å². The van der Waals surface area contributed by atoms with Crippen molar-refractivity contribution >= 4 is 32.3 Å². The molecule has 0 amide bonds. The second-order valence-electron chi connectivity index (χ2n) is 14.9. The monoisotopic (exact) mass is 612 g/mol. The van der Waals surface area contributed by atoms with Gasteiger partial charge in [-0.15, -0.1) is 0 Å². The van der Waals surface area contributed by atoms with Crippen LogP contribution in [-0.4, -0.2) is 0 Å². The topological polar surface area (TPSA) is 0 Å². The van der Waals surface area contributed by atoms with Crippen LogP contribution in [0.3, 0.4) is 0 Å². The van der Waals surface area contributed by atoms with Gasteiger partial charge in [0.25, 0.3) is 0 Å². The molecule has 228 valence electrons. The first-order chi connectivity index (χ1) is 23.3. The molecule has 0 saturated carbocycles. The first-order valence-corrected chi connectivity index (χ1v) is 17.2. The molecule has 0 radical (unpaired) electrons. The molecule has 0 unspecified atom stereocenters. The standard InChI is InChI=1S/C48H36/c1-47(2)41-27-35(33-19-17-29-11-5-7-13-31(29)25-33)21-23-39(41)43-37-15-9-10-16-38(37)44-40-24-22-36(28-42(40)48(3,4)46(44)45(43)47)34-20-18-30-12-6-8-14-32(30)26-34/h5-28H,1-4H3. The molecule has 8 aromatic carbocycles. The van der Waals surface area contributed by atoms with E-state index in [4.69, 9.17) is 0 Å². The highest BCUT2D eigenvalue weighted by Crippen LogP contribution is 2.62. The maximum Gasteiger partial charge on any atom is 0.0162 e. The van der Waals surface area contributed by atoms with Crippen LogP contribution in [-0.2, 0) is 10.8 Å². The van der Waals surface area contributed by atoms with E-state index in [1.807, 2.05) is 0 Å². The Balaban J connectivity index is 1.19. The molecule has 0 fully saturated rings. The fraction of sp³-hybridized carbons (Fsp3) is 0.125.